The van der Waals surface area contributed by atoms with Crippen molar-refractivity contribution in [2.24, 2.45) is 13.0 Å². The third kappa shape index (κ3) is 7.77. The lowest BCUT2D eigenvalue weighted by Crippen LogP contribution is -2.58. The predicted octanol–water partition coefficient (Wildman–Crippen LogP) is 4.05. The molecule has 2 aromatic heterocycles. The van der Waals surface area contributed by atoms with Crippen molar-refractivity contribution >= 4 is 55.3 Å². The van der Waals surface area contributed by atoms with Gasteiger partial charge in [0.1, 0.15) is 29.4 Å². The smallest absolute Gasteiger partial charge is 0.272 e. The van der Waals surface area contributed by atoms with Gasteiger partial charge < -0.3 is 20.3 Å². The largest absolute Gasteiger partial charge is 0.472 e. The van der Waals surface area contributed by atoms with Crippen molar-refractivity contribution in [3.8, 4) is 5.88 Å². The van der Waals surface area contributed by atoms with E-state index in [1.807, 2.05) is 48.5 Å². The molecule has 14 nitrogen and oxygen atoms in total. The number of nitrogens with zero attached hydrogens (tertiary/aromatic N) is 4. The summed E-state index contributed by atoms with van der Waals surface area (Å²) in [6.07, 6.45) is -0.725. The summed E-state index contributed by atoms with van der Waals surface area (Å²) in [6.45, 7) is 1.67. The number of hydrogen-bond donors (Lipinski definition) is 3. The van der Waals surface area contributed by atoms with E-state index in [1.54, 1.807) is 20.0 Å². The Labute approximate surface area is 328 Å². The molecule has 5 atom stereocenters. The van der Waals surface area contributed by atoms with Crippen molar-refractivity contribution in [2.75, 3.05) is 6.54 Å². The lowest BCUT2D eigenvalue weighted by Gasteiger charge is -2.30. The molecule has 4 amide bonds. The fraction of sp³-hybridized carbons (Fsp3) is 0.500. The predicted molar refractivity (Wildman–Crippen MR) is 205 cm³/mol. The molecule has 4 aromatic rings. The van der Waals surface area contributed by atoms with Gasteiger partial charge in [0.05, 0.1) is 17.3 Å². The number of ether oxygens (including phenoxy) is 1. The molecule has 0 bridgehead atoms. The number of fused-ring (bicyclic) bond motifs is 5. The van der Waals surface area contributed by atoms with Crippen molar-refractivity contribution in [3.63, 3.8) is 0 Å². The first kappa shape index (κ1) is 38.7. The van der Waals surface area contributed by atoms with Crippen LogP contribution in [0.4, 0.5) is 8.78 Å². The average Bonchev–Trinajstić information content (AvgIpc) is 4.07. The molecule has 57 heavy (non-hydrogen) atoms. The number of sulfonamides is 1. The number of carbonyl (C=O) groups is 4. The lowest BCUT2D eigenvalue weighted by molar-refractivity contribution is -0.141. The Kier molecular flexibility index (Phi) is 9.93. The highest BCUT2D eigenvalue weighted by molar-refractivity contribution is 7.91. The van der Waals surface area contributed by atoms with Crippen LogP contribution < -0.4 is 20.1 Å². The second-order valence-corrected chi connectivity index (χ2v) is 17.9. The molecule has 3 N–H and O–H groups in total. The van der Waals surface area contributed by atoms with Gasteiger partial charge in [0.15, 0.2) is 0 Å². The number of benzene rings is 2. The van der Waals surface area contributed by atoms with Crippen LogP contribution in [-0.4, -0.2) is 93.2 Å². The van der Waals surface area contributed by atoms with Crippen molar-refractivity contribution in [1.82, 2.24) is 35.0 Å². The van der Waals surface area contributed by atoms with E-state index >= 15 is 8.78 Å². The molecule has 4 fully saturated rings. The molecule has 2 saturated heterocycles. The highest BCUT2D eigenvalue weighted by atomic mass is 32.2. The van der Waals surface area contributed by atoms with Gasteiger partial charge in [-0.05, 0) is 68.5 Å². The standard InChI is InChI=1S/C40H45F2N7O7S/c1-23-18-32(46-48(23)2)34(50)43-31-14-4-3-9-17-39(41,42)20-24-21-40(24,38(53)47-57(54,55)26-15-16-26)45-35(51)33-19-25(22-49(33)37(31)52)56-36-29-12-6-5-10-27(29)28-11-7-8-13-30(28)44-36/h5-8,10-13,18,24-26,31,33H,3-4,9,14-17,19-22H2,1-2H3,(H,43,50)(H,45,51)(H,47,53). The minimum Gasteiger partial charge on any atom is -0.472 e. The number of aryl methyl sites for hydroxylation is 2. The van der Waals surface area contributed by atoms with E-state index in [0.29, 0.717) is 42.3 Å². The van der Waals surface area contributed by atoms with Gasteiger partial charge in [0, 0.05) is 42.8 Å². The molecule has 4 heterocycles. The molecule has 17 heteroatoms. The molecule has 302 valence electrons. The van der Waals surface area contributed by atoms with E-state index in [4.69, 9.17) is 9.72 Å². The molecule has 4 aliphatic rings. The van der Waals surface area contributed by atoms with E-state index in [0.717, 1.165) is 10.8 Å². The number of pyridine rings is 1. The van der Waals surface area contributed by atoms with E-state index < -0.39 is 87.3 Å². The van der Waals surface area contributed by atoms with E-state index in [-0.39, 0.29) is 43.8 Å². The molecule has 8 rings (SSSR count). The molecular formula is C40H45F2N7O7S. The maximum Gasteiger partial charge on any atom is 0.272 e. The quantitative estimate of drug-likeness (QED) is 0.232. The number of alkyl halides is 2. The number of hydrogen-bond acceptors (Lipinski definition) is 9. The topological polar surface area (TPSA) is 182 Å². The fourth-order valence-corrected chi connectivity index (χ4v) is 9.64. The first-order valence-electron chi connectivity index (χ1n) is 19.5. The zero-order valence-corrected chi connectivity index (χ0v) is 32.5. The first-order chi connectivity index (χ1) is 27.1. The monoisotopic (exact) mass is 805 g/mol. The van der Waals surface area contributed by atoms with Gasteiger partial charge in [-0.15, -0.1) is 0 Å². The summed E-state index contributed by atoms with van der Waals surface area (Å²) in [7, 11) is -2.40. The Morgan fingerprint density at radius 1 is 0.965 bits per heavy atom. The first-order valence-corrected chi connectivity index (χ1v) is 21.0. The van der Waals surface area contributed by atoms with E-state index in [2.05, 4.69) is 20.5 Å². The van der Waals surface area contributed by atoms with Crippen LogP contribution in [0.25, 0.3) is 21.7 Å². The van der Waals surface area contributed by atoms with Crippen LogP contribution >= 0.6 is 0 Å². The Balaban J connectivity index is 1.14. The van der Waals surface area contributed by atoms with Crippen LogP contribution in [-0.2, 0) is 31.5 Å². The normalized spacial score (nSPS) is 26.8. The van der Waals surface area contributed by atoms with Crippen molar-refractivity contribution in [3.05, 3.63) is 66.0 Å². The number of rotatable bonds is 7. The van der Waals surface area contributed by atoms with Crippen LogP contribution in [0.5, 0.6) is 5.88 Å². The van der Waals surface area contributed by atoms with Gasteiger partial charge in [0.2, 0.25) is 33.6 Å². The van der Waals surface area contributed by atoms with E-state index in [1.165, 1.54) is 9.58 Å². The molecular weight excluding hydrogens is 761 g/mol. The molecule has 2 aliphatic carbocycles. The van der Waals surface area contributed by atoms with Crippen LogP contribution in [0.1, 0.15) is 80.4 Å². The third-order valence-electron chi connectivity index (χ3n) is 11.8. The molecule has 0 spiro atoms. The Morgan fingerprint density at radius 3 is 2.40 bits per heavy atom. The van der Waals surface area contributed by atoms with Crippen molar-refractivity contribution in [1.29, 1.82) is 0 Å². The Morgan fingerprint density at radius 2 is 1.68 bits per heavy atom. The second-order valence-electron chi connectivity index (χ2n) is 16.0. The number of amides is 4. The van der Waals surface area contributed by atoms with E-state index in [9.17, 15) is 27.6 Å². The van der Waals surface area contributed by atoms with Crippen LogP contribution in [0.15, 0.2) is 54.6 Å². The average molecular weight is 806 g/mol. The zero-order valence-electron chi connectivity index (χ0n) is 31.7. The summed E-state index contributed by atoms with van der Waals surface area (Å²) in [5.74, 6) is -7.08. The van der Waals surface area contributed by atoms with Gasteiger partial charge >= 0.3 is 0 Å². The zero-order chi connectivity index (χ0) is 40.3. The maximum atomic E-state index is 15.4. The number of para-hydroxylation sites is 1. The number of nitrogens with one attached hydrogen (secondary N) is 3. The molecule has 2 aliphatic heterocycles. The van der Waals surface area contributed by atoms with Crippen molar-refractivity contribution in [2.45, 2.75) is 106 Å². The Bertz CT molecular complexity index is 2370. The maximum absolute atomic E-state index is 15.4. The SMILES string of the molecule is Cc1cc(C(=O)NC2CCCCCC(F)(F)CC3CC3(C(=O)NS(=O)(=O)C3CC3)NC(=O)C3CC(Oc4nc5ccccc5c5ccccc45)CN3C2=O)nn1C. The number of carbonyl (C=O) groups excluding carboxylic acids is 4. The van der Waals surface area contributed by atoms with Crippen LogP contribution in [0.2, 0.25) is 0 Å². The molecule has 2 saturated carbocycles. The van der Waals surface area contributed by atoms with Gasteiger partial charge in [-0.1, -0.05) is 49.2 Å². The van der Waals surface area contributed by atoms with Gasteiger partial charge in [-0.3, -0.25) is 28.6 Å². The van der Waals surface area contributed by atoms with Gasteiger partial charge in [0.25, 0.3) is 11.8 Å². The minimum atomic E-state index is -4.08. The molecule has 2 aromatic carbocycles. The minimum absolute atomic E-state index is 0.0700. The van der Waals surface area contributed by atoms with Crippen molar-refractivity contribution < 1.29 is 41.1 Å². The number of halogens is 2. The summed E-state index contributed by atoms with van der Waals surface area (Å²) in [5.41, 5.74) is -0.469. The summed E-state index contributed by atoms with van der Waals surface area (Å²) in [6, 6.07) is 14.3. The van der Waals surface area contributed by atoms with Gasteiger partial charge in [-0.25, -0.2) is 22.2 Å². The summed E-state index contributed by atoms with van der Waals surface area (Å²) < 4.78 is 66.7. The second kappa shape index (κ2) is 14.6. The third-order valence-corrected chi connectivity index (χ3v) is 13.6. The fourth-order valence-electron chi connectivity index (χ4n) is 8.28. The highest BCUT2D eigenvalue weighted by Gasteiger charge is 2.65. The molecule has 0 radical (unpaired) electrons. The highest BCUT2D eigenvalue weighted by Crippen LogP contribution is 2.51. The summed E-state index contributed by atoms with van der Waals surface area (Å²) in [4.78, 5) is 62.5. The number of aromatic nitrogens is 3. The van der Waals surface area contributed by atoms with Gasteiger partial charge in [-0.2, -0.15) is 5.10 Å². The Hall–Kier alpha value is -5.19. The lowest BCUT2D eigenvalue weighted by atomic mass is 10.00. The summed E-state index contributed by atoms with van der Waals surface area (Å²) in [5, 5.41) is 11.4. The molecule has 5 unspecified atom stereocenters. The summed E-state index contributed by atoms with van der Waals surface area (Å²) >= 11 is 0. The van der Waals surface area contributed by atoms with Crippen LogP contribution in [0, 0.1) is 12.8 Å². The van der Waals surface area contributed by atoms with Crippen LogP contribution in [0.3, 0.4) is 0 Å².